The third-order valence-electron chi connectivity index (χ3n) is 2.63. The molecule has 2 rings (SSSR count). The average Bonchev–Trinajstić information content (AvgIpc) is 2.87. The average molecular weight is 295 g/mol. The molecule has 0 bridgehead atoms. The molecule has 0 aliphatic heterocycles. The molecule has 0 saturated heterocycles. The van der Waals surface area contributed by atoms with Crippen molar-refractivity contribution in [1.29, 1.82) is 0 Å². The minimum atomic E-state index is -1.26. The molecule has 1 unspecified atom stereocenters. The molecule has 0 aliphatic rings. The molecule has 20 heavy (non-hydrogen) atoms. The van der Waals surface area contributed by atoms with Crippen LogP contribution in [0.15, 0.2) is 36.7 Å². The first-order chi connectivity index (χ1) is 9.60. The van der Waals surface area contributed by atoms with Gasteiger partial charge in [0.2, 0.25) is 5.88 Å². The summed E-state index contributed by atoms with van der Waals surface area (Å²) in [4.78, 5) is 13.7. The van der Waals surface area contributed by atoms with Crippen LogP contribution < -0.4 is 4.74 Å². The van der Waals surface area contributed by atoms with Gasteiger partial charge in [-0.25, -0.2) is 0 Å². The van der Waals surface area contributed by atoms with E-state index >= 15 is 0 Å². The van der Waals surface area contributed by atoms with E-state index in [4.69, 9.17) is 4.74 Å². The SMILES string of the molecule is COc1ccc(C[S+]([O-])Cn2ccnc2[N+](=O)[O-])cc1. The molecule has 1 atom stereocenters. The van der Waals surface area contributed by atoms with E-state index in [1.807, 2.05) is 12.1 Å². The summed E-state index contributed by atoms with van der Waals surface area (Å²) >= 11 is -1.26. The Bertz CT molecular complexity index is 585. The second-order valence-corrected chi connectivity index (χ2v) is 5.44. The second-order valence-electron chi connectivity index (χ2n) is 4.02. The van der Waals surface area contributed by atoms with Gasteiger partial charge in [-0.3, -0.25) is 0 Å². The Morgan fingerprint density at radius 2 is 2.10 bits per heavy atom. The maximum atomic E-state index is 12.0. The van der Waals surface area contributed by atoms with E-state index in [2.05, 4.69) is 4.98 Å². The summed E-state index contributed by atoms with van der Waals surface area (Å²) in [6, 6.07) is 7.20. The van der Waals surface area contributed by atoms with Gasteiger partial charge in [0, 0.05) is 5.56 Å². The van der Waals surface area contributed by atoms with Crippen LogP contribution in [0.2, 0.25) is 0 Å². The summed E-state index contributed by atoms with van der Waals surface area (Å²) in [5, 5.41) is 10.7. The van der Waals surface area contributed by atoms with Gasteiger partial charge in [-0.15, -0.1) is 0 Å². The number of methoxy groups -OCH3 is 1. The van der Waals surface area contributed by atoms with E-state index in [9.17, 15) is 14.7 Å². The van der Waals surface area contributed by atoms with Crippen LogP contribution in [0, 0.1) is 10.1 Å². The molecular weight excluding hydrogens is 282 g/mol. The number of rotatable bonds is 6. The van der Waals surface area contributed by atoms with E-state index < -0.39 is 16.1 Å². The quantitative estimate of drug-likeness (QED) is 0.459. The minimum Gasteiger partial charge on any atom is -0.614 e. The smallest absolute Gasteiger partial charge is 0.438 e. The summed E-state index contributed by atoms with van der Waals surface area (Å²) in [6.07, 6.45) is 2.77. The van der Waals surface area contributed by atoms with E-state index in [0.29, 0.717) is 5.75 Å². The predicted octanol–water partition coefficient (Wildman–Crippen LogP) is 1.71. The maximum Gasteiger partial charge on any atom is 0.438 e. The van der Waals surface area contributed by atoms with Gasteiger partial charge < -0.3 is 19.4 Å². The van der Waals surface area contributed by atoms with Crippen molar-refractivity contribution in [2.24, 2.45) is 0 Å². The predicted molar refractivity (Wildman–Crippen MR) is 73.7 cm³/mol. The Morgan fingerprint density at radius 1 is 1.40 bits per heavy atom. The molecule has 0 spiro atoms. The molecule has 2 aromatic rings. The van der Waals surface area contributed by atoms with Gasteiger partial charge in [0.1, 0.15) is 23.9 Å². The number of imidazole rings is 1. The van der Waals surface area contributed by atoms with Crippen LogP contribution in [0.3, 0.4) is 0 Å². The van der Waals surface area contributed by atoms with Crippen molar-refractivity contribution in [1.82, 2.24) is 9.55 Å². The zero-order valence-corrected chi connectivity index (χ0v) is 11.6. The summed E-state index contributed by atoms with van der Waals surface area (Å²) in [7, 11) is 1.57. The lowest BCUT2D eigenvalue weighted by Gasteiger charge is -2.10. The zero-order valence-electron chi connectivity index (χ0n) is 10.8. The number of hydrogen-bond acceptors (Lipinski definition) is 5. The summed E-state index contributed by atoms with van der Waals surface area (Å²) in [5.74, 6) is 0.791. The van der Waals surface area contributed by atoms with Crippen molar-refractivity contribution in [3.8, 4) is 5.75 Å². The lowest BCUT2D eigenvalue weighted by Crippen LogP contribution is -2.14. The molecule has 0 N–H and O–H groups in total. The molecule has 1 aromatic heterocycles. The van der Waals surface area contributed by atoms with Crippen LogP contribution in [0.5, 0.6) is 5.75 Å². The molecule has 106 valence electrons. The fourth-order valence-corrected chi connectivity index (χ4v) is 2.85. The van der Waals surface area contributed by atoms with Crippen molar-refractivity contribution in [3.63, 3.8) is 0 Å². The van der Waals surface area contributed by atoms with Crippen molar-refractivity contribution < 1.29 is 14.2 Å². The Labute approximate surface area is 118 Å². The molecule has 8 heteroatoms. The highest BCUT2D eigenvalue weighted by Crippen LogP contribution is 2.16. The first-order valence-electron chi connectivity index (χ1n) is 5.73. The summed E-state index contributed by atoms with van der Waals surface area (Å²) < 4.78 is 18.3. The summed E-state index contributed by atoms with van der Waals surface area (Å²) in [5.41, 5.74) is 0.881. The standard InChI is InChI=1S/C12H13N3O4S/c1-19-11-4-2-10(3-5-11)8-20(18)9-14-7-6-13-12(14)15(16)17/h2-7H,8-9H2,1H3. The van der Waals surface area contributed by atoms with Gasteiger partial charge in [0.15, 0.2) is 0 Å². The van der Waals surface area contributed by atoms with E-state index in [0.717, 1.165) is 11.3 Å². The Balaban J connectivity index is 1.99. The molecule has 1 heterocycles. The van der Waals surface area contributed by atoms with Crippen LogP contribution in [0.4, 0.5) is 5.95 Å². The molecule has 0 radical (unpaired) electrons. The first-order valence-corrected chi connectivity index (χ1v) is 7.22. The summed E-state index contributed by atoms with van der Waals surface area (Å²) in [6.45, 7) is 0. The largest absolute Gasteiger partial charge is 0.614 e. The molecule has 0 aliphatic carbocycles. The fraction of sp³-hybridized carbons (Fsp3) is 0.250. The van der Waals surface area contributed by atoms with E-state index in [1.165, 1.54) is 17.0 Å². The van der Waals surface area contributed by atoms with Gasteiger partial charge in [-0.1, -0.05) is 17.1 Å². The molecular formula is C12H13N3O4S. The number of aromatic nitrogens is 2. The van der Waals surface area contributed by atoms with Crippen LogP contribution in [0.1, 0.15) is 5.56 Å². The monoisotopic (exact) mass is 295 g/mol. The molecule has 0 amide bonds. The van der Waals surface area contributed by atoms with Crippen molar-refractivity contribution in [3.05, 3.63) is 52.3 Å². The van der Waals surface area contributed by atoms with Crippen LogP contribution in [-0.2, 0) is 22.8 Å². The van der Waals surface area contributed by atoms with Crippen LogP contribution >= 0.6 is 0 Å². The third kappa shape index (κ3) is 3.49. The highest BCUT2D eigenvalue weighted by atomic mass is 32.2. The molecule has 7 nitrogen and oxygen atoms in total. The van der Waals surface area contributed by atoms with Gasteiger partial charge in [0.25, 0.3) is 0 Å². The number of nitro groups is 1. The Hall–Kier alpha value is -2.06. The fourth-order valence-electron chi connectivity index (χ4n) is 1.68. The number of hydrogen-bond donors (Lipinski definition) is 0. The first kappa shape index (κ1) is 14.4. The second kappa shape index (κ2) is 6.40. The molecule has 0 fully saturated rings. The van der Waals surface area contributed by atoms with Crippen LogP contribution in [0.25, 0.3) is 0 Å². The van der Waals surface area contributed by atoms with E-state index in [-0.39, 0.29) is 11.8 Å². The molecule has 0 saturated carbocycles. The third-order valence-corrected chi connectivity index (χ3v) is 3.85. The minimum absolute atomic E-state index is 0.0440. The maximum absolute atomic E-state index is 12.0. The number of ether oxygens (including phenoxy) is 1. The molecule has 1 aromatic carbocycles. The van der Waals surface area contributed by atoms with E-state index in [1.54, 1.807) is 19.2 Å². The van der Waals surface area contributed by atoms with Gasteiger partial charge in [-0.2, -0.15) is 4.57 Å². The van der Waals surface area contributed by atoms with Gasteiger partial charge >= 0.3 is 5.95 Å². The highest BCUT2D eigenvalue weighted by molar-refractivity contribution is 7.89. The van der Waals surface area contributed by atoms with Crippen molar-refractivity contribution >= 4 is 17.1 Å². The van der Waals surface area contributed by atoms with Gasteiger partial charge in [-0.05, 0) is 28.2 Å². The normalized spacial score (nSPS) is 12.1. The number of nitrogens with zero attached hydrogens (tertiary/aromatic N) is 3. The Kier molecular flexibility index (Phi) is 4.59. The Morgan fingerprint density at radius 3 is 2.70 bits per heavy atom. The van der Waals surface area contributed by atoms with Crippen molar-refractivity contribution in [2.45, 2.75) is 11.6 Å². The van der Waals surface area contributed by atoms with Crippen molar-refractivity contribution in [2.75, 3.05) is 7.11 Å². The van der Waals surface area contributed by atoms with Gasteiger partial charge in [0.05, 0.1) is 7.11 Å². The lowest BCUT2D eigenvalue weighted by atomic mass is 10.2. The topological polar surface area (TPSA) is 93.2 Å². The van der Waals surface area contributed by atoms with Crippen LogP contribution in [-0.4, -0.2) is 26.1 Å². The lowest BCUT2D eigenvalue weighted by molar-refractivity contribution is -0.396. The zero-order chi connectivity index (χ0) is 14.5. The highest BCUT2D eigenvalue weighted by Gasteiger charge is 2.19. The number of benzene rings is 1.